The standard InChI is InChI=1S/C22H27NO5/c1-25-15-6-7-16-14(13-15)5-9-18(23-12-11-20(24)27-3)17-8-10-19(26-2)22(28-4)21(16)17/h6-8,10,13,18,23H,5,9,11-12H2,1-4H3. The Balaban J connectivity index is 2.06. The summed E-state index contributed by atoms with van der Waals surface area (Å²) in [5.41, 5.74) is 4.47. The number of ether oxygens (including phenoxy) is 4. The summed E-state index contributed by atoms with van der Waals surface area (Å²) in [6.07, 6.45) is 2.10. The average Bonchev–Trinajstić information content (AvgIpc) is 2.89. The first kappa shape index (κ1) is 20.0. The van der Waals surface area contributed by atoms with Crippen LogP contribution in [0.4, 0.5) is 0 Å². The lowest BCUT2D eigenvalue weighted by Gasteiger charge is -2.22. The topological polar surface area (TPSA) is 66.0 Å². The third kappa shape index (κ3) is 3.92. The van der Waals surface area contributed by atoms with E-state index >= 15 is 0 Å². The number of carbonyl (C=O) groups is 1. The molecule has 0 heterocycles. The molecule has 1 atom stereocenters. The van der Waals surface area contributed by atoms with Gasteiger partial charge in [-0.1, -0.05) is 12.1 Å². The molecule has 1 aliphatic rings. The molecule has 2 aromatic rings. The molecule has 0 bridgehead atoms. The van der Waals surface area contributed by atoms with Gasteiger partial charge >= 0.3 is 5.97 Å². The van der Waals surface area contributed by atoms with E-state index in [1.807, 2.05) is 12.1 Å². The van der Waals surface area contributed by atoms with Crippen LogP contribution in [0.15, 0.2) is 30.3 Å². The lowest BCUT2D eigenvalue weighted by atomic mass is 9.93. The van der Waals surface area contributed by atoms with Crippen LogP contribution in [0.2, 0.25) is 0 Å². The van der Waals surface area contributed by atoms with Gasteiger partial charge in [0.05, 0.1) is 34.9 Å². The molecule has 3 rings (SSSR count). The van der Waals surface area contributed by atoms with Crippen molar-refractivity contribution in [2.45, 2.75) is 25.3 Å². The zero-order valence-corrected chi connectivity index (χ0v) is 16.8. The molecular formula is C22H27NO5. The second-order valence-corrected chi connectivity index (χ2v) is 6.66. The molecule has 0 saturated heterocycles. The number of benzene rings is 2. The summed E-state index contributed by atoms with van der Waals surface area (Å²) in [5, 5.41) is 3.51. The number of fused-ring (bicyclic) bond motifs is 3. The van der Waals surface area contributed by atoms with Gasteiger partial charge in [-0.15, -0.1) is 0 Å². The molecule has 6 nitrogen and oxygen atoms in total. The molecule has 0 fully saturated rings. The minimum atomic E-state index is -0.221. The number of carbonyl (C=O) groups excluding carboxylic acids is 1. The zero-order chi connectivity index (χ0) is 20.1. The number of hydrogen-bond donors (Lipinski definition) is 1. The van der Waals surface area contributed by atoms with Crippen LogP contribution in [-0.2, 0) is 16.0 Å². The fourth-order valence-electron chi connectivity index (χ4n) is 3.78. The van der Waals surface area contributed by atoms with Crippen LogP contribution in [0.5, 0.6) is 17.2 Å². The van der Waals surface area contributed by atoms with Crippen molar-refractivity contribution in [1.29, 1.82) is 0 Å². The minimum Gasteiger partial charge on any atom is -0.497 e. The van der Waals surface area contributed by atoms with Gasteiger partial charge in [0.1, 0.15) is 5.75 Å². The SMILES string of the molecule is COC(=O)CCNC1CCc2cc(OC)ccc2-c2c1ccc(OC)c2OC. The largest absolute Gasteiger partial charge is 0.497 e. The van der Waals surface area contributed by atoms with E-state index in [9.17, 15) is 4.79 Å². The van der Waals surface area contributed by atoms with Gasteiger partial charge in [0.15, 0.2) is 11.5 Å². The molecular weight excluding hydrogens is 358 g/mol. The van der Waals surface area contributed by atoms with E-state index in [-0.39, 0.29) is 12.0 Å². The molecule has 1 unspecified atom stereocenters. The lowest BCUT2D eigenvalue weighted by Crippen LogP contribution is -2.25. The number of nitrogens with one attached hydrogen (secondary N) is 1. The van der Waals surface area contributed by atoms with E-state index in [1.165, 1.54) is 12.7 Å². The minimum absolute atomic E-state index is 0.0813. The van der Waals surface area contributed by atoms with Crippen LogP contribution >= 0.6 is 0 Å². The first-order valence-electron chi connectivity index (χ1n) is 9.35. The molecule has 6 heteroatoms. The lowest BCUT2D eigenvalue weighted by molar-refractivity contribution is -0.140. The first-order chi connectivity index (χ1) is 13.6. The Kier molecular flexibility index (Phi) is 6.41. The van der Waals surface area contributed by atoms with Crippen molar-refractivity contribution < 1.29 is 23.7 Å². The molecule has 0 radical (unpaired) electrons. The van der Waals surface area contributed by atoms with E-state index in [0.717, 1.165) is 35.3 Å². The van der Waals surface area contributed by atoms with Crippen molar-refractivity contribution in [3.8, 4) is 28.4 Å². The number of hydrogen-bond acceptors (Lipinski definition) is 6. The Morgan fingerprint density at radius 1 is 1.07 bits per heavy atom. The van der Waals surface area contributed by atoms with Crippen LogP contribution in [-0.4, -0.2) is 41.0 Å². The van der Waals surface area contributed by atoms with Gasteiger partial charge in [-0.2, -0.15) is 0 Å². The number of aryl methyl sites for hydroxylation is 1. The van der Waals surface area contributed by atoms with Crippen molar-refractivity contribution in [2.75, 3.05) is 35.0 Å². The van der Waals surface area contributed by atoms with E-state index in [2.05, 4.69) is 23.5 Å². The van der Waals surface area contributed by atoms with Crippen LogP contribution in [0, 0.1) is 0 Å². The molecule has 1 N–H and O–H groups in total. The molecule has 0 aromatic heterocycles. The maximum atomic E-state index is 11.5. The Bertz CT molecular complexity index is 849. The molecule has 0 spiro atoms. The molecule has 0 amide bonds. The molecule has 0 aliphatic heterocycles. The van der Waals surface area contributed by atoms with Crippen LogP contribution in [0.25, 0.3) is 11.1 Å². The van der Waals surface area contributed by atoms with Crippen molar-refractivity contribution in [3.05, 3.63) is 41.5 Å². The van der Waals surface area contributed by atoms with E-state index in [0.29, 0.717) is 24.5 Å². The molecule has 150 valence electrons. The highest BCUT2D eigenvalue weighted by atomic mass is 16.5. The molecule has 28 heavy (non-hydrogen) atoms. The number of rotatable bonds is 7. The second-order valence-electron chi connectivity index (χ2n) is 6.66. The Morgan fingerprint density at radius 3 is 2.57 bits per heavy atom. The number of methoxy groups -OCH3 is 4. The fourth-order valence-corrected chi connectivity index (χ4v) is 3.78. The van der Waals surface area contributed by atoms with Crippen LogP contribution in [0.3, 0.4) is 0 Å². The summed E-state index contributed by atoms with van der Waals surface area (Å²) in [6, 6.07) is 10.2. The highest BCUT2D eigenvalue weighted by molar-refractivity contribution is 5.81. The predicted octanol–water partition coefficient (Wildman–Crippen LogP) is 3.52. The van der Waals surface area contributed by atoms with Gasteiger partial charge in [-0.3, -0.25) is 4.79 Å². The summed E-state index contributed by atoms with van der Waals surface area (Å²) < 4.78 is 21.5. The Hall–Kier alpha value is -2.73. The quantitative estimate of drug-likeness (QED) is 0.736. The third-order valence-corrected chi connectivity index (χ3v) is 5.18. The summed E-state index contributed by atoms with van der Waals surface area (Å²) in [7, 11) is 6.38. The Labute approximate surface area is 165 Å². The first-order valence-corrected chi connectivity index (χ1v) is 9.35. The highest BCUT2D eigenvalue weighted by Crippen LogP contribution is 2.47. The number of esters is 1. The highest BCUT2D eigenvalue weighted by Gasteiger charge is 2.27. The summed E-state index contributed by atoms with van der Waals surface area (Å²) in [6.45, 7) is 0.546. The van der Waals surface area contributed by atoms with Gasteiger partial charge in [-0.25, -0.2) is 0 Å². The van der Waals surface area contributed by atoms with E-state index in [1.54, 1.807) is 21.3 Å². The van der Waals surface area contributed by atoms with Crippen molar-refractivity contribution in [1.82, 2.24) is 5.32 Å². The third-order valence-electron chi connectivity index (χ3n) is 5.18. The van der Waals surface area contributed by atoms with Gasteiger partial charge < -0.3 is 24.3 Å². The van der Waals surface area contributed by atoms with Crippen molar-refractivity contribution in [2.24, 2.45) is 0 Å². The molecule has 1 aliphatic carbocycles. The second kappa shape index (κ2) is 8.97. The van der Waals surface area contributed by atoms with Gasteiger partial charge in [-0.05, 0) is 47.7 Å². The van der Waals surface area contributed by atoms with Gasteiger partial charge in [0.2, 0.25) is 0 Å². The zero-order valence-electron chi connectivity index (χ0n) is 16.8. The summed E-state index contributed by atoms with van der Waals surface area (Å²) >= 11 is 0. The maximum Gasteiger partial charge on any atom is 0.306 e. The smallest absolute Gasteiger partial charge is 0.306 e. The van der Waals surface area contributed by atoms with Crippen LogP contribution in [0.1, 0.15) is 30.0 Å². The van der Waals surface area contributed by atoms with E-state index in [4.69, 9.17) is 18.9 Å². The normalized spacial score (nSPS) is 15.1. The van der Waals surface area contributed by atoms with Crippen molar-refractivity contribution >= 4 is 5.97 Å². The van der Waals surface area contributed by atoms with Gasteiger partial charge in [0.25, 0.3) is 0 Å². The molecule has 0 saturated carbocycles. The van der Waals surface area contributed by atoms with E-state index < -0.39 is 0 Å². The summed E-state index contributed by atoms with van der Waals surface area (Å²) in [5.74, 6) is 2.02. The Morgan fingerprint density at radius 2 is 1.89 bits per heavy atom. The average molecular weight is 385 g/mol. The molecule has 2 aromatic carbocycles. The van der Waals surface area contributed by atoms with Gasteiger partial charge in [0, 0.05) is 18.2 Å². The summed E-state index contributed by atoms with van der Waals surface area (Å²) in [4.78, 5) is 11.5. The van der Waals surface area contributed by atoms with Crippen LogP contribution < -0.4 is 19.5 Å². The fraction of sp³-hybridized carbons (Fsp3) is 0.409. The maximum absolute atomic E-state index is 11.5. The van der Waals surface area contributed by atoms with Crippen molar-refractivity contribution in [3.63, 3.8) is 0 Å². The monoisotopic (exact) mass is 385 g/mol. The predicted molar refractivity (Wildman–Crippen MR) is 107 cm³/mol.